The van der Waals surface area contributed by atoms with Gasteiger partial charge in [0.05, 0.1) is 6.61 Å². The maximum Gasteiger partial charge on any atom is 0.168 e. The highest BCUT2D eigenvalue weighted by Crippen LogP contribution is 2.37. The molecule has 0 N–H and O–H groups in total. The molecule has 0 saturated heterocycles. The van der Waals surface area contributed by atoms with E-state index < -0.39 is 0 Å². The second kappa shape index (κ2) is 5.62. The van der Waals surface area contributed by atoms with Crippen LogP contribution in [0.5, 0.6) is 5.75 Å². The molecule has 0 radical (unpaired) electrons. The Kier molecular flexibility index (Phi) is 3.46. The summed E-state index contributed by atoms with van der Waals surface area (Å²) >= 11 is 1.52. The van der Waals surface area contributed by atoms with Crippen LogP contribution in [-0.2, 0) is 13.5 Å². The van der Waals surface area contributed by atoms with Crippen LogP contribution in [0.3, 0.4) is 0 Å². The molecule has 0 fully saturated rings. The first kappa shape index (κ1) is 14.1. The number of ether oxygens (including phenoxy) is 1. The van der Waals surface area contributed by atoms with Crippen molar-refractivity contribution in [3.63, 3.8) is 0 Å². The quantitative estimate of drug-likeness (QED) is 0.693. The third-order valence-electron chi connectivity index (χ3n) is 4.04. The highest BCUT2D eigenvalue weighted by Gasteiger charge is 2.22. The van der Waals surface area contributed by atoms with E-state index in [1.807, 2.05) is 17.5 Å². The Bertz CT molecular complexity index is 868. The normalized spacial score (nSPS) is 13.4. The third kappa shape index (κ3) is 2.35. The number of aryl methyl sites for hydroxylation is 2. The Balaban J connectivity index is 1.92. The number of rotatable bonds is 3. The van der Waals surface area contributed by atoms with Crippen molar-refractivity contribution in [3.8, 4) is 27.6 Å². The van der Waals surface area contributed by atoms with Crippen molar-refractivity contribution in [2.45, 2.75) is 12.8 Å². The van der Waals surface area contributed by atoms with Gasteiger partial charge in [-0.3, -0.25) is 9.48 Å². The molecule has 2 aromatic heterocycles. The van der Waals surface area contributed by atoms with E-state index in [0.717, 1.165) is 53.3 Å². The first-order valence-corrected chi connectivity index (χ1v) is 8.34. The lowest BCUT2D eigenvalue weighted by molar-refractivity contribution is 0.111. The van der Waals surface area contributed by atoms with E-state index >= 15 is 0 Å². The van der Waals surface area contributed by atoms with Crippen molar-refractivity contribution < 1.29 is 9.53 Å². The van der Waals surface area contributed by atoms with Gasteiger partial charge in [0.15, 0.2) is 6.29 Å². The zero-order valence-corrected chi connectivity index (χ0v) is 13.5. The summed E-state index contributed by atoms with van der Waals surface area (Å²) in [7, 11) is 1.78. The fourth-order valence-electron chi connectivity index (χ4n) is 2.96. The van der Waals surface area contributed by atoms with Crippen LogP contribution in [0.4, 0.5) is 0 Å². The molecule has 116 valence electrons. The molecule has 0 saturated carbocycles. The van der Waals surface area contributed by atoms with Gasteiger partial charge in [0.25, 0.3) is 0 Å². The van der Waals surface area contributed by atoms with E-state index in [1.165, 1.54) is 16.9 Å². The summed E-state index contributed by atoms with van der Waals surface area (Å²) in [6.45, 7) is 0.767. The largest absolute Gasteiger partial charge is 0.493 e. The van der Waals surface area contributed by atoms with Gasteiger partial charge in [-0.2, -0.15) is 5.10 Å². The molecule has 1 aliphatic heterocycles. The molecule has 1 aliphatic rings. The van der Waals surface area contributed by atoms with Crippen molar-refractivity contribution >= 4 is 17.6 Å². The predicted octanol–water partition coefficient (Wildman–Crippen LogP) is 3.35. The van der Waals surface area contributed by atoms with Gasteiger partial charge >= 0.3 is 0 Å². The fourth-order valence-corrected chi connectivity index (χ4v) is 3.59. The molecule has 3 aromatic rings. The Morgan fingerprint density at radius 2 is 2.30 bits per heavy atom. The van der Waals surface area contributed by atoms with Crippen LogP contribution in [-0.4, -0.2) is 27.7 Å². The topological polar surface area (TPSA) is 57.0 Å². The molecule has 0 bridgehead atoms. The fraction of sp³-hybridized carbons (Fsp3) is 0.235. The summed E-state index contributed by atoms with van der Waals surface area (Å²) in [4.78, 5) is 15.9. The highest BCUT2D eigenvalue weighted by atomic mass is 32.1. The van der Waals surface area contributed by atoms with Crippen molar-refractivity contribution in [2.24, 2.45) is 7.05 Å². The lowest BCUT2D eigenvalue weighted by Crippen LogP contribution is -2.08. The van der Waals surface area contributed by atoms with Crippen LogP contribution in [0.15, 0.2) is 29.8 Å². The summed E-state index contributed by atoms with van der Waals surface area (Å²) in [6, 6.07) is 6.08. The number of aromatic nitrogens is 3. The summed E-state index contributed by atoms with van der Waals surface area (Å²) < 4.78 is 7.30. The summed E-state index contributed by atoms with van der Waals surface area (Å²) in [6.07, 6.45) is 4.62. The summed E-state index contributed by atoms with van der Waals surface area (Å²) in [5.74, 6) is 0.937. The maximum atomic E-state index is 11.6. The number of hydrogen-bond acceptors (Lipinski definition) is 5. The van der Waals surface area contributed by atoms with Crippen molar-refractivity contribution in [3.05, 3.63) is 41.0 Å². The number of thiazole rings is 1. The van der Waals surface area contributed by atoms with Crippen LogP contribution >= 0.6 is 11.3 Å². The van der Waals surface area contributed by atoms with Crippen molar-refractivity contribution in [1.29, 1.82) is 0 Å². The zero-order valence-electron chi connectivity index (χ0n) is 12.7. The Morgan fingerprint density at radius 3 is 3.09 bits per heavy atom. The minimum atomic E-state index is 0.562. The number of hydrogen-bond donors (Lipinski definition) is 0. The monoisotopic (exact) mass is 325 g/mol. The zero-order chi connectivity index (χ0) is 15.8. The molecule has 3 heterocycles. The maximum absolute atomic E-state index is 11.6. The molecule has 0 spiro atoms. The van der Waals surface area contributed by atoms with Gasteiger partial charge in [0.1, 0.15) is 22.1 Å². The van der Waals surface area contributed by atoms with Gasteiger partial charge in [-0.05, 0) is 36.1 Å². The van der Waals surface area contributed by atoms with Gasteiger partial charge < -0.3 is 4.74 Å². The minimum Gasteiger partial charge on any atom is -0.493 e. The van der Waals surface area contributed by atoms with Gasteiger partial charge in [-0.15, -0.1) is 11.3 Å². The number of nitrogens with zero attached hydrogens (tertiary/aromatic N) is 3. The Morgan fingerprint density at radius 1 is 1.39 bits per heavy atom. The molecule has 6 heteroatoms. The molecule has 0 atom stereocenters. The standard InChI is InChI=1S/C17H15N3O2S/c1-20-13(10-21)15(16(19-20)17-18-6-8-23-17)12-4-5-14-11(9-12)3-2-7-22-14/h4-6,8-10H,2-3,7H2,1H3. The van der Waals surface area contributed by atoms with Crippen LogP contribution < -0.4 is 4.74 Å². The highest BCUT2D eigenvalue weighted by molar-refractivity contribution is 7.13. The Labute approximate surface area is 137 Å². The van der Waals surface area contributed by atoms with Gasteiger partial charge in [0.2, 0.25) is 0 Å². The van der Waals surface area contributed by atoms with Crippen molar-refractivity contribution in [2.75, 3.05) is 6.61 Å². The molecule has 0 amide bonds. The lowest BCUT2D eigenvalue weighted by Gasteiger charge is -2.18. The molecule has 4 rings (SSSR count). The van der Waals surface area contributed by atoms with Crippen molar-refractivity contribution in [1.82, 2.24) is 14.8 Å². The molecule has 0 aliphatic carbocycles. The second-order valence-corrected chi connectivity index (χ2v) is 6.36. The lowest BCUT2D eigenvalue weighted by atomic mass is 9.97. The smallest absolute Gasteiger partial charge is 0.168 e. The minimum absolute atomic E-state index is 0.562. The van der Waals surface area contributed by atoms with Crippen LogP contribution in [0.25, 0.3) is 21.8 Å². The van der Waals surface area contributed by atoms with Crippen LogP contribution in [0.1, 0.15) is 22.5 Å². The first-order valence-electron chi connectivity index (χ1n) is 7.46. The summed E-state index contributed by atoms with van der Waals surface area (Å²) in [5, 5.41) is 7.24. The SMILES string of the molecule is Cn1nc(-c2nccs2)c(-c2ccc3c(c2)CCCO3)c1C=O. The van der Waals surface area contributed by atoms with E-state index in [0.29, 0.717) is 5.69 Å². The number of benzene rings is 1. The van der Waals surface area contributed by atoms with E-state index in [9.17, 15) is 4.79 Å². The molecule has 5 nitrogen and oxygen atoms in total. The second-order valence-electron chi connectivity index (χ2n) is 5.46. The van der Waals surface area contributed by atoms with Crippen LogP contribution in [0, 0.1) is 0 Å². The van der Waals surface area contributed by atoms with Crippen LogP contribution in [0.2, 0.25) is 0 Å². The van der Waals surface area contributed by atoms with E-state index in [2.05, 4.69) is 16.1 Å². The molecular weight excluding hydrogens is 310 g/mol. The molecule has 23 heavy (non-hydrogen) atoms. The third-order valence-corrected chi connectivity index (χ3v) is 4.82. The van der Waals surface area contributed by atoms with E-state index in [1.54, 1.807) is 17.9 Å². The van der Waals surface area contributed by atoms with Gasteiger partial charge in [-0.25, -0.2) is 4.98 Å². The summed E-state index contributed by atoms with van der Waals surface area (Å²) in [5.41, 5.74) is 4.31. The average molecular weight is 325 g/mol. The Hall–Kier alpha value is -2.47. The predicted molar refractivity (Wildman–Crippen MR) is 89.0 cm³/mol. The molecule has 0 unspecified atom stereocenters. The van der Waals surface area contributed by atoms with E-state index in [-0.39, 0.29) is 0 Å². The average Bonchev–Trinajstić information content (AvgIpc) is 3.21. The van der Waals surface area contributed by atoms with E-state index in [4.69, 9.17) is 4.74 Å². The number of aldehydes is 1. The first-order chi connectivity index (χ1) is 11.3. The number of carbonyl (C=O) groups is 1. The van der Waals surface area contributed by atoms with Gasteiger partial charge in [0, 0.05) is 24.2 Å². The molecular formula is C17H15N3O2S. The number of carbonyl (C=O) groups excluding carboxylic acids is 1. The van der Waals surface area contributed by atoms with Gasteiger partial charge in [-0.1, -0.05) is 6.07 Å². The molecule has 1 aromatic carbocycles. The number of fused-ring (bicyclic) bond motifs is 1.